The zero-order valence-corrected chi connectivity index (χ0v) is 13.0. The molecule has 0 aliphatic heterocycles. The molecule has 2 aromatic carbocycles. The maximum Gasteiger partial charge on any atom is 0.338 e. The van der Waals surface area contributed by atoms with Crippen LogP contribution in [0.2, 0.25) is 0 Å². The van der Waals surface area contributed by atoms with Crippen LogP contribution in [0, 0.1) is 11.6 Å². The third kappa shape index (κ3) is 4.84. The highest BCUT2D eigenvalue weighted by Crippen LogP contribution is 2.13. The van der Waals surface area contributed by atoms with E-state index in [4.69, 9.17) is 4.74 Å². The Kier molecular flexibility index (Phi) is 5.78. The second-order valence-electron chi connectivity index (χ2n) is 4.83. The summed E-state index contributed by atoms with van der Waals surface area (Å²) in [6, 6.07) is 8.41. The molecule has 0 heterocycles. The molecule has 25 heavy (non-hydrogen) atoms. The van der Waals surface area contributed by atoms with Crippen LogP contribution in [0.5, 0.6) is 0 Å². The summed E-state index contributed by atoms with van der Waals surface area (Å²) in [5.74, 6) is -4.34. The molecular formula is C17H13F2NO5. The quantitative estimate of drug-likeness (QED) is 0.839. The molecule has 0 bridgehead atoms. The van der Waals surface area contributed by atoms with Gasteiger partial charge in [0.15, 0.2) is 18.2 Å². The van der Waals surface area contributed by atoms with Gasteiger partial charge in [0, 0.05) is 11.8 Å². The first-order chi connectivity index (χ1) is 11.9. The Balaban J connectivity index is 1.94. The largest absolute Gasteiger partial charge is 0.465 e. The van der Waals surface area contributed by atoms with Gasteiger partial charge in [-0.05, 0) is 30.3 Å². The molecule has 8 heteroatoms. The summed E-state index contributed by atoms with van der Waals surface area (Å²) in [5, 5.41) is 2.26. The Labute approximate surface area is 141 Å². The van der Waals surface area contributed by atoms with Crippen molar-refractivity contribution >= 4 is 23.5 Å². The number of esters is 2. The number of hydrogen-bond donors (Lipinski definition) is 1. The summed E-state index contributed by atoms with van der Waals surface area (Å²) in [7, 11) is 1.20. The lowest BCUT2D eigenvalue weighted by atomic mass is 10.1. The number of hydrogen-bond acceptors (Lipinski definition) is 5. The molecule has 1 amide bonds. The van der Waals surface area contributed by atoms with E-state index in [0.717, 1.165) is 18.2 Å². The van der Waals surface area contributed by atoms with Gasteiger partial charge in [0.05, 0.1) is 18.2 Å². The monoisotopic (exact) mass is 349 g/mol. The topological polar surface area (TPSA) is 81.7 Å². The van der Waals surface area contributed by atoms with E-state index in [2.05, 4.69) is 10.1 Å². The van der Waals surface area contributed by atoms with Crippen LogP contribution in [0.4, 0.5) is 14.5 Å². The normalized spacial score (nSPS) is 10.0. The van der Waals surface area contributed by atoms with Gasteiger partial charge < -0.3 is 14.8 Å². The lowest BCUT2D eigenvalue weighted by Crippen LogP contribution is -2.21. The molecule has 0 atom stereocenters. The van der Waals surface area contributed by atoms with Crippen molar-refractivity contribution in [1.29, 1.82) is 0 Å². The number of halogens is 2. The highest BCUT2D eigenvalue weighted by molar-refractivity contribution is 5.97. The van der Waals surface area contributed by atoms with Crippen LogP contribution in [0.25, 0.3) is 0 Å². The number of carbonyl (C=O) groups is 3. The number of anilines is 1. The van der Waals surface area contributed by atoms with Crippen LogP contribution in [0.1, 0.15) is 20.7 Å². The molecule has 0 saturated carbocycles. The molecule has 2 aromatic rings. The lowest BCUT2D eigenvalue weighted by molar-refractivity contribution is -0.119. The molecule has 130 valence electrons. The van der Waals surface area contributed by atoms with E-state index in [1.807, 2.05) is 0 Å². The van der Waals surface area contributed by atoms with Gasteiger partial charge >= 0.3 is 11.9 Å². The maximum absolute atomic E-state index is 13.0. The molecule has 6 nitrogen and oxygen atoms in total. The Morgan fingerprint density at radius 2 is 1.64 bits per heavy atom. The Morgan fingerprint density at radius 1 is 0.960 bits per heavy atom. The van der Waals surface area contributed by atoms with Crippen LogP contribution >= 0.6 is 0 Å². The number of rotatable bonds is 5. The van der Waals surface area contributed by atoms with Gasteiger partial charge in [-0.2, -0.15) is 0 Å². The average molecular weight is 349 g/mol. The van der Waals surface area contributed by atoms with E-state index in [0.29, 0.717) is 0 Å². The molecule has 0 saturated heterocycles. The van der Waals surface area contributed by atoms with Crippen LogP contribution in [0.3, 0.4) is 0 Å². The van der Waals surface area contributed by atoms with Crippen molar-refractivity contribution in [3.8, 4) is 0 Å². The fraction of sp³-hybridized carbons (Fsp3) is 0.118. The molecule has 0 aromatic heterocycles. The maximum atomic E-state index is 13.0. The van der Waals surface area contributed by atoms with E-state index in [1.54, 1.807) is 0 Å². The summed E-state index contributed by atoms with van der Waals surface area (Å²) in [6.07, 6.45) is 0. The molecule has 0 unspecified atom stereocenters. The van der Waals surface area contributed by atoms with Crippen LogP contribution in [-0.2, 0) is 14.3 Å². The van der Waals surface area contributed by atoms with Gasteiger partial charge in [-0.3, -0.25) is 4.79 Å². The minimum atomic E-state index is -1.12. The van der Waals surface area contributed by atoms with E-state index in [9.17, 15) is 23.2 Å². The average Bonchev–Trinajstić information content (AvgIpc) is 2.62. The predicted molar refractivity (Wildman–Crippen MR) is 83.1 cm³/mol. The Morgan fingerprint density at radius 3 is 2.28 bits per heavy atom. The zero-order valence-electron chi connectivity index (χ0n) is 13.0. The first-order valence-electron chi connectivity index (χ1n) is 7.01. The van der Waals surface area contributed by atoms with Crippen molar-refractivity contribution in [2.75, 3.05) is 19.0 Å². The first-order valence-corrected chi connectivity index (χ1v) is 7.01. The minimum absolute atomic E-state index is 0.0210. The summed E-state index contributed by atoms with van der Waals surface area (Å²) < 4.78 is 35.2. The molecule has 0 spiro atoms. The third-order valence-corrected chi connectivity index (χ3v) is 3.06. The number of amides is 1. The van der Waals surface area contributed by atoms with Gasteiger partial charge in [0.25, 0.3) is 5.91 Å². The van der Waals surface area contributed by atoms with Gasteiger partial charge in [-0.25, -0.2) is 18.4 Å². The number of nitrogens with one attached hydrogen (secondary N) is 1. The molecule has 0 aliphatic rings. The fourth-order valence-electron chi connectivity index (χ4n) is 1.88. The molecule has 1 N–H and O–H groups in total. The van der Waals surface area contributed by atoms with Crippen molar-refractivity contribution in [2.45, 2.75) is 0 Å². The summed E-state index contributed by atoms with van der Waals surface area (Å²) in [5.41, 5.74) is 0.236. The van der Waals surface area contributed by atoms with Crippen molar-refractivity contribution in [2.24, 2.45) is 0 Å². The van der Waals surface area contributed by atoms with E-state index >= 15 is 0 Å². The van der Waals surface area contributed by atoms with Gasteiger partial charge in [-0.1, -0.05) is 6.07 Å². The second-order valence-corrected chi connectivity index (χ2v) is 4.83. The zero-order chi connectivity index (χ0) is 18.4. The van der Waals surface area contributed by atoms with Gasteiger partial charge in [0.2, 0.25) is 0 Å². The van der Waals surface area contributed by atoms with Crippen molar-refractivity contribution < 1.29 is 32.6 Å². The van der Waals surface area contributed by atoms with E-state index in [-0.39, 0.29) is 16.8 Å². The number of carbonyl (C=O) groups excluding carboxylic acids is 3. The SMILES string of the molecule is COC(=O)c1cccc(C(=O)OCC(=O)Nc2ccc(F)c(F)c2)c1. The number of ether oxygens (including phenoxy) is 2. The summed E-state index contributed by atoms with van der Waals surface area (Å²) in [4.78, 5) is 35.0. The van der Waals surface area contributed by atoms with Crippen LogP contribution in [0.15, 0.2) is 42.5 Å². The fourth-order valence-corrected chi connectivity index (χ4v) is 1.88. The summed E-state index contributed by atoms with van der Waals surface area (Å²) >= 11 is 0. The molecule has 0 radical (unpaired) electrons. The number of benzene rings is 2. The summed E-state index contributed by atoms with van der Waals surface area (Å²) in [6.45, 7) is -0.639. The predicted octanol–water partition coefficient (Wildman–Crippen LogP) is 2.55. The van der Waals surface area contributed by atoms with Crippen LogP contribution in [-0.4, -0.2) is 31.6 Å². The van der Waals surface area contributed by atoms with Crippen LogP contribution < -0.4 is 5.32 Å². The first kappa shape index (κ1) is 18.1. The Hall–Kier alpha value is -3.29. The highest BCUT2D eigenvalue weighted by atomic mass is 19.2. The number of methoxy groups -OCH3 is 1. The highest BCUT2D eigenvalue weighted by Gasteiger charge is 2.14. The second kappa shape index (κ2) is 8.00. The molecular weight excluding hydrogens is 336 g/mol. The van der Waals surface area contributed by atoms with Crippen molar-refractivity contribution in [1.82, 2.24) is 0 Å². The van der Waals surface area contributed by atoms with Crippen molar-refractivity contribution in [3.63, 3.8) is 0 Å². The van der Waals surface area contributed by atoms with E-state index < -0.39 is 36.1 Å². The third-order valence-electron chi connectivity index (χ3n) is 3.06. The smallest absolute Gasteiger partial charge is 0.338 e. The standard InChI is InChI=1S/C17H13F2NO5/c1-24-16(22)10-3-2-4-11(7-10)17(23)25-9-15(21)20-12-5-6-13(18)14(19)8-12/h2-8H,9H2,1H3,(H,20,21). The van der Waals surface area contributed by atoms with Crippen molar-refractivity contribution in [3.05, 3.63) is 65.2 Å². The van der Waals surface area contributed by atoms with Gasteiger partial charge in [0.1, 0.15) is 0 Å². The molecule has 0 aliphatic carbocycles. The molecule has 2 rings (SSSR count). The van der Waals surface area contributed by atoms with Gasteiger partial charge in [-0.15, -0.1) is 0 Å². The van der Waals surface area contributed by atoms with E-state index in [1.165, 1.54) is 31.4 Å². The lowest BCUT2D eigenvalue weighted by Gasteiger charge is -2.07. The molecule has 0 fully saturated rings. The Bertz CT molecular complexity index is 822. The minimum Gasteiger partial charge on any atom is -0.465 e.